The highest BCUT2D eigenvalue weighted by atomic mass is 16.5. The lowest BCUT2D eigenvalue weighted by atomic mass is 10.1. The van der Waals surface area contributed by atoms with Crippen molar-refractivity contribution in [2.24, 2.45) is 0 Å². The van der Waals surface area contributed by atoms with Crippen molar-refractivity contribution >= 4 is 11.8 Å². The number of likely N-dealkylation sites (N-methyl/N-ethyl adjacent to an activating group) is 1. The summed E-state index contributed by atoms with van der Waals surface area (Å²) >= 11 is 0. The minimum Gasteiger partial charge on any atom is -0.496 e. The maximum absolute atomic E-state index is 12.3. The molecule has 0 aliphatic rings. The summed E-state index contributed by atoms with van der Waals surface area (Å²) in [5.41, 5.74) is 3.59. The maximum Gasteiger partial charge on any atom is 0.251 e. The minimum atomic E-state index is -0.251. The van der Waals surface area contributed by atoms with E-state index in [1.54, 1.807) is 31.2 Å². The highest BCUT2D eigenvalue weighted by Gasteiger charge is 2.14. The molecule has 5 heteroatoms. The Hall–Kier alpha value is -2.82. The number of carbonyl (C=O) groups is 2. The SMILES string of the molecule is COc1ccc(C)cc1CN(C)C(=O)CNC(=O)c1cccc(C)c1. The van der Waals surface area contributed by atoms with E-state index in [1.165, 1.54) is 0 Å². The molecule has 0 saturated carbocycles. The van der Waals surface area contributed by atoms with Crippen LogP contribution in [0.15, 0.2) is 42.5 Å². The third kappa shape index (κ3) is 5.08. The summed E-state index contributed by atoms with van der Waals surface area (Å²) in [6.07, 6.45) is 0. The van der Waals surface area contributed by atoms with Crippen LogP contribution >= 0.6 is 0 Å². The molecular weight excluding hydrogens is 316 g/mol. The predicted octanol–water partition coefficient (Wildman–Crippen LogP) is 2.70. The summed E-state index contributed by atoms with van der Waals surface area (Å²) in [5, 5.41) is 2.67. The minimum absolute atomic E-state index is 0.0442. The van der Waals surface area contributed by atoms with Gasteiger partial charge in [0, 0.05) is 24.7 Å². The van der Waals surface area contributed by atoms with E-state index in [1.807, 2.05) is 44.2 Å². The number of amides is 2. The number of ether oxygens (including phenoxy) is 1. The number of hydrogen-bond donors (Lipinski definition) is 1. The molecule has 1 N–H and O–H groups in total. The van der Waals surface area contributed by atoms with E-state index in [0.717, 1.165) is 22.4 Å². The van der Waals surface area contributed by atoms with Gasteiger partial charge in [-0.05, 0) is 32.0 Å². The van der Waals surface area contributed by atoms with E-state index in [-0.39, 0.29) is 18.4 Å². The number of benzene rings is 2. The Morgan fingerprint density at radius 3 is 2.48 bits per heavy atom. The van der Waals surface area contributed by atoms with E-state index in [2.05, 4.69) is 5.32 Å². The second-order valence-electron chi connectivity index (χ2n) is 6.12. The highest BCUT2D eigenvalue weighted by molar-refractivity contribution is 5.96. The molecule has 0 unspecified atom stereocenters. The van der Waals surface area contributed by atoms with Crippen molar-refractivity contribution < 1.29 is 14.3 Å². The molecule has 0 aromatic heterocycles. The number of hydrogen-bond acceptors (Lipinski definition) is 3. The molecule has 0 atom stereocenters. The van der Waals surface area contributed by atoms with Gasteiger partial charge in [-0.25, -0.2) is 0 Å². The Kier molecular flexibility index (Phi) is 6.17. The highest BCUT2D eigenvalue weighted by Crippen LogP contribution is 2.20. The first kappa shape index (κ1) is 18.5. The van der Waals surface area contributed by atoms with Crippen LogP contribution in [0.5, 0.6) is 5.75 Å². The molecule has 0 fully saturated rings. The zero-order chi connectivity index (χ0) is 18.4. The van der Waals surface area contributed by atoms with Crippen molar-refractivity contribution in [1.82, 2.24) is 10.2 Å². The van der Waals surface area contributed by atoms with E-state index in [9.17, 15) is 9.59 Å². The molecule has 0 aliphatic carbocycles. The molecule has 132 valence electrons. The Bertz CT molecular complexity index is 771. The van der Waals surface area contributed by atoms with Crippen molar-refractivity contribution in [1.29, 1.82) is 0 Å². The van der Waals surface area contributed by atoms with Crippen molar-refractivity contribution in [2.45, 2.75) is 20.4 Å². The topological polar surface area (TPSA) is 58.6 Å². The van der Waals surface area contributed by atoms with Gasteiger partial charge in [-0.15, -0.1) is 0 Å². The number of nitrogens with zero attached hydrogens (tertiary/aromatic N) is 1. The van der Waals surface area contributed by atoms with Crippen molar-refractivity contribution in [2.75, 3.05) is 20.7 Å². The van der Waals surface area contributed by atoms with Crippen LogP contribution in [0.2, 0.25) is 0 Å². The zero-order valence-electron chi connectivity index (χ0n) is 15.1. The fraction of sp³-hybridized carbons (Fsp3) is 0.300. The predicted molar refractivity (Wildman–Crippen MR) is 97.7 cm³/mol. The van der Waals surface area contributed by atoms with Crippen LogP contribution < -0.4 is 10.1 Å². The number of aryl methyl sites for hydroxylation is 2. The molecule has 0 radical (unpaired) electrons. The molecule has 5 nitrogen and oxygen atoms in total. The van der Waals surface area contributed by atoms with Crippen LogP contribution in [0.3, 0.4) is 0 Å². The molecule has 0 bridgehead atoms. The van der Waals surface area contributed by atoms with Crippen LogP contribution in [0.25, 0.3) is 0 Å². The van der Waals surface area contributed by atoms with Gasteiger partial charge < -0.3 is 15.0 Å². The number of nitrogens with one attached hydrogen (secondary N) is 1. The van der Waals surface area contributed by atoms with Gasteiger partial charge >= 0.3 is 0 Å². The number of rotatable bonds is 6. The number of carbonyl (C=O) groups excluding carboxylic acids is 2. The summed E-state index contributed by atoms with van der Waals surface area (Å²) in [7, 11) is 3.32. The first-order chi connectivity index (χ1) is 11.9. The molecule has 0 saturated heterocycles. The quantitative estimate of drug-likeness (QED) is 0.879. The van der Waals surface area contributed by atoms with E-state index in [0.29, 0.717) is 12.1 Å². The van der Waals surface area contributed by atoms with Crippen LogP contribution in [0.4, 0.5) is 0 Å². The second-order valence-corrected chi connectivity index (χ2v) is 6.12. The van der Waals surface area contributed by atoms with Crippen molar-refractivity contribution in [3.05, 3.63) is 64.7 Å². The second kappa shape index (κ2) is 8.33. The summed E-state index contributed by atoms with van der Waals surface area (Å²) in [5.74, 6) is 0.331. The zero-order valence-corrected chi connectivity index (χ0v) is 15.1. The molecule has 2 aromatic carbocycles. The lowest BCUT2D eigenvalue weighted by molar-refractivity contribution is -0.129. The average molecular weight is 340 g/mol. The maximum atomic E-state index is 12.3. The molecule has 0 heterocycles. The summed E-state index contributed by atoms with van der Waals surface area (Å²) in [6, 6.07) is 13.1. The van der Waals surface area contributed by atoms with Gasteiger partial charge in [0.05, 0.1) is 13.7 Å². The van der Waals surface area contributed by atoms with Gasteiger partial charge in [0.25, 0.3) is 5.91 Å². The fourth-order valence-corrected chi connectivity index (χ4v) is 2.55. The molecular formula is C20H24N2O3. The summed E-state index contributed by atoms with van der Waals surface area (Å²) in [4.78, 5) is 26.0. The van der Waals surface area contributed by atoms with Crippen LogP contribution in [-0.2, 0) is 11.3 Å². The molecule has 2 aromatic rings. The standard InChI is InChI=1S/C20H24N2O3/c1-14-6-5-7-16(10-14)20(24)21-12-19(23)22(3)13-17-11-15(2)8-9-18(17)25-4/h5-11H,12-13H2,1-4H3,(H,21,24). The molecule has 25 heavy (non-hydrogen) atoms. The normalized spacial score (nSPS) is 10.2. The Morgan fingerprint density at radius 2 is 1.80 bits per heavy atom. The average Bonchev–Trinajstić information content (AvgIpc) is 2.59. The Labute approximate surface area is 148 Å². The fourth-order valence-electron chi connectivity index (χ4n) is 2.55. The van der Waals surface area contributed by atoms with Crippen LogP contribution in [0.1, 0.15) is 27.0 Å². The lowest BCUT2D eigenvalue weighted by Crippen LogP contribution is -2.37. The third-order valence-corrected chi connectivity index (χ3v) is 3.95. The Morgan fingerprint density at radius 1 is 1.08 bits per heavy atom. The first-order valence-electron chi connectivity index (χ1n) is 8.13. The smallest absolute Gasteiger partial charge is 0.251 e. The summed E-state index contributed by atoms with van der Waals surface area (Å²) in [6.45, 7) is 4.29. The van der Waals surface area contributed by atoms with Gasteiger partial charge in [0.15, 0.2) is 0 Å². The molecule has 0 aliphatic heterocycles. The van der Waals surface area contributed by atoms with Gasteiger partial charge in [-0.1, -0.05) is 35.4 Å². The van der Waals surface area contributed by atoms with Gasteiger partial charge in [0.2, 0.25) is 5.91 Å². The van der Waals surface area contributed by atoms with Gasteiger partial charge in [-0.3, -0.25) is 9.59 Å². The van der Waals surface area contributed by atoms with E-state index >= 15 is 0 Å². The molecule has 0 spiro atoms. The number of methoxy groups -OCH3 is 1. The van der Waals surface area contributed by atoms with Crippen molar-refractivity contribution in [3.8, 4) is 5.75 Å². The monoisotopic (exact) mass is 340 g/mol. The van der Waals surface area contributed by atoms with Crippen LogP contribution in [-0.4, -0.2) is 37.4 Å². The van der Waals surface area contributed by atoms with Crippen LogP contribution in [0, 0.1) is 13.8 Å². The first-order valence-corrected chi connectivity index (χ1v) is 8.13. The van der Waals surface area contributed by atoms with E-state index in [4.69, 9.17) is 4.74 Å². The Balaban J connectivity index is 1.94. The summed E-state index contributed by atoms with van der Waals surface area (Å²) < 4.78 is 5.34. The molecule has 2 amide bonds. The van der Waals surface area contributed by atoms with Gasteiger partial charge in [-0.2, -0.15) is 0 Å². The molecule has 2 rings (SSSR count). The van der Waals surface area contributed by atoms with E-state index < -0.39 is 0 Å². The van der Waals surface area contributed by atoms with Crippen molar-refractivity contribution in [3.63, 3.8) is 0 Å². The largest absolute Gasteiger partial charge is 0.496 e. The lowest BCUT2D eigenvalue weighted by Gasteiger charge is -2.19. The third-order valence-electron chi connectivity index (χ3n) is 3.95. The van der Waals surface area contributed by atoms with Gasteiger partial charge in [0.1, 0.15) is 5.75 Å².